The van der Waals surface area contributed by atoms with Crippen molar-refractivity contribution in [1.29, 1.82) is 0 Å². The van der Waals surface area contributed by atoms with E-state index in [0.29, 0.717) is 5.76 Å². The van der Waals surface area contributed by atoms with Gasteiger partial charge in [0.15, 0.2) is 0 Å². The van der Waals surface area contributed by atoms with Gasteiger partial charge in [0.05, 0.1) is 0 Å². The Balaban J connectivity index is 2.08. The van der Waals surface area contributed by atoms with Gasteiger partial charge in [0.1, 0.15) is 17.4 Å². The van der Waals surface area contributed by atoms with E-state index in [2.05, 4.69) is 4.98 Å². The molecule has 0 aliphatic heterocycles. The van der Waals surface area contributed by atoms with E-state index in [1.165, 1.54) is 0 Å². The molecule has 20 heavy (non-hydrogen) atoms. The molecule has 0 saturated heterocycles. The number of nitrogens with zero attached hydrogens (tertiary/aromatic N) is 1. The zero-order valence-corrected chi connectivity index (χ0v) is 11.8. The molecular weight excluding hydrogens is 250 g/mol. The molecule has 102 valence electrons. The fraction of sp³-hybridized carbons (Fsp3) is 0.235. The molecule has 0 aliphatic carbocycles. The SMILES string of the molecule is Cc1ccc(C(O)c2cc3cccc(C)c3o2)c(C)n1. The van der Waals surface area contributed by atoms with Crippen LogP contribution in [0.5, 0.6) is 0 Å². The molecule has 2 aromatic heterocycles. The van der Waals surface area contributed by atoms with Crippen LogP contribution in [0.2, 0.25) is 0 Å². The predicted molar refractivity (Wildman–Crippen MR) is 78.7 cm³/mol. The average molecular weight is 267 g/mol. The van der Waals surface area contributed by atoms with Crippen molar-refractivity contribution < 1.29 is 9.52 Å². The lowest BCUT2D eigenvalue weighted by molar-refractivity contribution is 0.191. The van der Waals surface area contributed by atoms with Gasteiger partial charge in [0, 0.05) is 22.3 Å². The first kappa shape index (κ1) is 12.9. The molecule has 0 amide bonds. The molecule has 0 bridgehead atoms. The second-order valence-corrected chi connectivity index (χ2v) is 5.17. The summed E-state index contributed by atoms with van der Waals surface area (Å²) in [6, 6.07) is 11.7. The van der Waals surface area contributed by atoms with Crippen molar-refractivity contribution in [2.24, 2.45) is 0 Å². The molecule has 1 aromatic carbocycles. The third-order valence-corrected chi connectivity index (χ3v) is 3.59. The van der Waals surface area contributed by atoms with Gasteiger partial charge < -0.3 is 9.52 Å². The van der Waals surface area contributed by atoms with Gasteiger partial charge in [-0.1, -0.05) is 24.3 Å². The van der Waals surface area contributed by atoms with Crippen LogP contribution in [0.4, 0.5) is 0 Å². The Morgan fingerprint density at radius 2 is 1.90 bits per heavy atom. The molecule has 2 heterocycles. The summed E-state index contributed by atoms with van der Waals surface area (Å²) in [5, 5.41) is 11.5. The van der Waals surface area contributed by atoms with Crippen molar-refractivity contribution in [3.05, 3.63) is 64.7 Å². The number of para-hydroxylation sites is 1. The quantitative estimate of drug-likeness (QED) is 0.767. The second kappa shape index (κ2) is 4.76. The Morgan fingerprint density at radius 3 is 2.60 bits per heavy atom. The number of benzene rings is 1. The van der Waals surface area contributed by atoms with Crippen molar-refractivity contribution >= 4 is 11.0 Å². The number of rotatable bonds is 2. The highest BCUT2D eigenvalue weighted by Crippen LogP contribution is 2.30. The highest BCUT2D eigenvalue weighted by atomic mass is 16.4. The maximum Gasteiger partial charge on any atom is 0.138 e. The highest BCUT2D eigenvalue weighted by Gasteiger charge is 2.18. The fourth-order valence-corrected chi connectivity index (χ4v) is 2.50. The van der Waals surface area contributed by atoms with Crippen LogP contribution >= 0.6 is 0 Å². The first-order valence-corrected chi connectivity index (χ1v) is 6.67. The molecular formula is C17H17NO2. The monoisotopic (exact) mass is 267 g/mol. The zero-order chi connectivity index (χ0) is 14.3. The second-order valence-electron chi connectivity index (χ2n) is 5.17. The van der Waals surface area contributed by atoms with Crippen molar-refractivity contribution in [2.45, 2.75) is 26.9 Å². The maximum absolute atomic E-state index is 10.5. The van der Waals surface area contributed by atoms with Crippen molar-refractivity contribution in [3.63, 3.8) is 0 Å². The number of aromatic nitrogens is 1. The number of hydrogen-bond acceptors (Lipinski definition) is 3. The molecule has 0 fully saturated rings. The van der Waals surface area contributed by atoms with Gasteiger partial charge in [-0.15, -0.1) is 0 Å². The van der Waals surface area contributed by atoms with E-state index in [9.17, 15) is 5.11 Å². The summed E-state index contributed by atoms with van der Waals surface area (Å²) >= 11 is 0. The Bertz CT molecular complexity index is 774. The Hall–Kier alpha value is -2.13. The number of aryl methyl sites for hydroxylation is 3. The van der Waals surface area contributed by atoms with Gasteiger partial charge in [0.25, 0.3) is 0 Å². The topological polar surface area (TPSA) is 46.3 Å². The van der Waals surface area contributed by atoms with Crippen molar-refractivity contribution in [2.75, 3.05) is 0 Å². The number of aliphatic hydroxyl groups excluding tert-OH is 1. The summed E-state index contributed by atoms with van der Waals surface area (Å²) < 4.78 is 5.82. The van der Waals surface area contributed by atoms with Crippen LogP contribution in [0.1, 0.15) is 34.4 Å². The molecule has 0 aliphatic rings. The summed E-state index contributed by atoms with van der Waals surface area (Å²) in [5.74, 6) is 0.558. The number of pyridine rings is 1. The van der Waals surface area contributed by atoms with E-state index in [0.717, 1.165) is 33.5 Å². The Labute approximate surface area is 117 Å². The van der Waals surface area contributed by atoms with Crippen LogP contribution in [0.3, 0.4) is 0 Å². The Morgan fingerprint density at radius 1 is 1.10 bits per heavy atom. The van der Waals surface area contributed by atoms with E-state index >= 15 is 0 Å². The summed E-state index contributed by atoms with van der Waals surface area (Å²) in [7, 11) is 0. The van der Waals surface area contributed by atoms with Crippen molar-refractivity contribution in [3.8, 4) is 0 Å². The normalized spacial score (nSPS) is 12.8. The maximum atomic E-state index is 10.5. The molecule has 3 aromatic rings. The minimum absolute atomic E-state index is 0.558. The molecule has 1 atom stereocenters. The van der Waals surface area contributed by atoms with Gasteiger partial charge in [-0.25, -0.2) is 0 Å². The average Bonchev–Trinajstić information content (AvgIpc) is 2.83. The number of furan rings is 1. The summed E-state index contributed by atoms with van der Waals surface area (Å²) in [4.78, 5) is 4.39. The van der Waals surface area contributed by atoms with E-state index < -0.39 is 6.10 Å². The smallest absolute Gasteiger partial charge is 0.138 e. The summed E-state index contributed by atoms with van der Waals surface area (Å²) in [6.07, 6.45) is -0.783. The van der Waals surface area contributed by atoms with Crippen LogP contribution in [0.15, 0.2) is 40.8 Å². The van der Waals surface area contributed by atoms with Gasteiger partial charge in [-0.2, -0.15) is 0 Å². The first-order valence-electron chi connectivity index (χ1n) is 6.67. The van der Waals surface area contributed by atoms with Gasteiger partial charge in [0.2, 0.25) is 0 Å². The molecule has 0 spiro atoms. The molecule has 1 unspecified atom stereocenters. The van der Waals surface area contributed by atoms with Gasteiger partial charge in [-0.05, 0) is 38.5 Å². The minimum Gasteiger partial charge on any atom is -0.458 e. The molecule has 1 N–H and O–H groups in total. The number of fused-ring (bicyclic) bond motifs is 1. The molecule has 3 heteroatoms. The van der Waals surface area contributed by atoms with E-state index in [-0.39, 0.29) is 0 Å². The van der Waals surface area contributed by atoms with E-state index in [1.807, 2.05) is 57.2 Å². The molecule has 0 radical (unpaired) electrons. The standard InChI is InChI=1S/C17H17NO2/c1-10-5-4-6-13-9-15(20-17(10)13)16(19)14-8-7-11(2)18-12(14)3/h4-9,16,19H,1-3H3. The highest BCUT2D eigenvalue weighted by molar-refractivity contribution is 5.81. The van der Waals surface area contributed by atoms with Crippen LogP contribution < -0.4 is 0 Å². The van der Waals surface area contributed by atoms with E-state index in [4.69, 9.17) is 4.42 Å². The van der Waals surface area contributed by atoms with Crippen molar-refractivity contribution in [1.82, 2.24) is 4.98 Å². The van der Waals surface area contributed by atoms with Crippen LogP contribution in [0.25, 0.3) is 11.0 Å². The summed E-state index contributed by atoms with van der Waals surface area (Å²) in [6.45, 7) is 5.84. The Kier molecular flexibility index (Phi) is 3.07. The summed E-state index contributed by atoms with van der Waals surface area (Å²) in [5.41, 5.74) is 4.46. The zero-order valence-electron chi connectivity index (χ0n) is 11.8. The van der Waals surface area contributed by atoms with Gasteiger partial charge >= 0.3 is 0 Å². The lowest BCUT2D eigenvalue weighted by Gasteiger charge is -2.11. The lowest BCUT2D eigenvalue weighted by Crippen LogP contribution is -2.03. The molecule has 0 saturated carbocycles. The van der Waals surface area contributed by atoms with Crippen LogP contribution in [-0.2, 0) is 0 Å². The number of aliphatic hydroxyl groups is 1. The third-order valence-electron chi connectivity index (χ3n) is 3.59. The molecule has 3 rings (SSSR count). The van der Waals surface area contributed by atoms with Crippen LogP contribution in [-0.4, -0.2) is 10.1 Å². The number of hydrogen-bond donors (Lipinski definition) is 1. The lowest BCUT2D eigenvalue weighted by atomic mass is 10.1. The predicted octanol–water partition coefficient (Wildman–Crippen LogP) is 3.83. The molecule has 3 nitrogen and oxygen atoms in total. The largest absolute Gasteiger partial charge is 0.458 e. The third kappa shape index (κ3) is 2.10. The minimum atomic E-state index is -0.783. The van der Waals surface area contributed by atoms with E-state index in [1.54, 1.807) is 0 Å². The van der Waals surface area contributed by atoms with Crippen LogP contribution in [0, 0.1) is 20.8 Å². The fourth-order valence-electron chi connectivity index (χ4n) is 2.50. The first-order chi connectivity index (χ1) is 9.56. The van der Waals surface area contributed by atoms with Gasteiger partial charge in [-0.3, -0.25) is 4.98 Å².